The summed E-state index contributed by atoms with van der Waals surface area (Å²) in [5.41, 5.74) is 5.23. The molecule has 0 spiro atoms. The number of rotatable bonds is 5. The van der Waals surface area contributed by atoms with Crippen molar-refractivity contribution in [3.05, 3.63) is 70.4 Å². The monoisotopic (exact) mass is 352 g/mol. The zero-order valence-electron chi connectivity index (χ0n) is 14.8. The molecule has 2 aromatic carbocycles. The smallest absolute Gasteiger partial charge is 0.0493 e. The van der Waals surface area contributed by atoms with Gasteiger partial charge in [-0.25, -0.2) is 0 Å². The minimum absolute atomic E-state index is 0.685. The van der Waals surface area contributed by atoms with E-state index in [1.54, 1.807) is 0 Å². The van der Waals surface area contributed by atoms with Crippen molar-refractivity contribution in [2.45, 2.75) is 51.7 Å². The summed E-state index contributed by atoms with van der Waals surface area (Å²) in [6, 6.07) is 17.6. The average Bonchev–Trinajstić information content (AvgIpc) is 3.23. The fourth-order valence-corrected chi connectivity index (χ4v) is 4.30. The predicted molar refractivity (Wildman–Crippen MR) is 106 cm³/mol. The van der Waals surface area contributed by atoms with Crippen LogP contribution in [0.5, 0.6) is 0 Å². The normalized spacial score (nSPS) is 15.3. The Morgan fingerprint density at radius 2 is 1.76 bits per heavy atom. The molecule has 130 valence electrons. The summed E-state index contributed by atoms with van der Waals surface area (Å²) in [4.78, 5) is 0. The molecule has 1 aliphatic carbocycles. The second-order valence-electron chi connectivity index (χ2n) is 7.12. The standard InChI is InChI=1S/C22H25ClN2/c1-16-20(14-24-18-9-3-4-10-18)19-11-5-7-13-22(19)25(16)15-17-8-2-6-12-21(17)23/h2,5-8,11-13,18,24H,3-4,9-10,14-15H2,1H3. The van der Waals surface area contributed by atoms with Crippen molar-refractivity contribution in [2.75, 3.05) is 0 Å². The third kappa shape index (κ3) is 3.33. The van der Waals surface area contributed by atoms with Crippen molar-refractivity contribution >= 4 is 22.5 Å². The highest BCUT2D eigenvalue weighted by Crippen LogP contribution is 2.29. The molecule has 1 saturated carbocycles. The van der Waals surface area contributed by atoms with Crippen LogP contribution in [0, 0.1) is 6.92 Å². The van der Waals surface area contributed by atoms with E-state index >= 15 is 0 Å². The molecule has 3 heteroatoms. The highest BCUT2D eigenvalue weighted by molar-refractivity contribution is 6.31. The lowest BCUT2D eigenvalue weighted by Crippen LogP contribution is -2.25. The van der Waals surface area contributed by atoms with E-state index in [0.717, 1.165) is 18.1 Å². The topological polar surface area (TPSA) is 17.0 Å². The zero-order valence-corrected chi connectivity index (χ0v) is 15.5. The summed E-state index contributed by atoms with van der Waals surface area (Å²) in [7, 11) is 0. The molecular weight excluding hydrogens is 328 g/mol. The summed E-state index contributed by atoms with van der Waals surface area (Å²) >= 11 is 6.41. The Balaban J connectivity index is 1.69. The Hall–Kier alpha value is -1.77. The highest BCUT2D eigenvalue weighted by Gasteiger charge is 2.18. The molecule has 0 bridgehead atoms. The third-order valence-corrected chi connectivity index (χ3v) is 5.94. The highest BCUT2D eigenvalue weighted by atomic mass is 35.5. The summed E-state index contributed by atoms with van der Waals surface area (Å²) in [5.74, 6) is 0. The number of halogens is 1. The minimum atomic E-state index is 0.685. The van der Waals surface area contributed by atoms with E-state index < -0.39 is 0 Å². The summed E-state index contributed by atoms with van der Waals surface area (Å²) in [6.45, 7) is 4.00. The van der Waals surface area contributed by atoms with Crippen LogP contribution >= 0.6 is 11.6 Å². The lowest BCUT2D eigenvalue weighted by atomic mass is 10.1. The number of hydrogen-bond acceptors (Lipinski definition) is 1. The van der Waals surface area contributed by atoms with Gasteiger partial charge in [0.1, 0.15) is 0 Å². The van der Waals surface area contributed by atoms with E-state index in [9.17, 15) is 0 Å². The molecule has 0 saturated heterocycles. The Bertz CT molecular complexity index is 875. The minimum Gasteiger partial charge on any atom is -0.340 e. The zero-order chi connectivity index (χ0) is 17.2. The van der Waals surface area contributed by atoms with Crippen LogP contribution in [0.1, 0.15) is 42.5 Å². The average molecular weight is 353 g/mol. The van der Waals surface area contributed by atoms with Gasteiger partial charge in [-0.3, -0.25) is 0 Å². The number of nitrogens with one attached hydrogen (secondary N) is 1. The van der Waals surface area contributed by atoms with Gasteiger partial charge in [-0.05, 0) is 43.0 Å². The second-order valence-corrected chi connectivity index (χ2v) is 7.53. The fraction of sp³-hybridized carbons (Fsp3) is 0.364. The molecular formula is C22H25ClN2. The van der Waals surface area contributed by atoms with Crippen LogP contribution in [0.25, 0.3) is 10.9 Å². The largest absolute Gasteiger partial charge is 0.340 e. The Labute approximate surface area is 154 Å². The molecule has 1 aromatic heterocycles. The van der Waals surface area contributed by atoms with Crippen LogP contribution in [0.2, 0.25) is 5.02 Å². The van der Waals surface area contributed by atoms with Crippen LogP contribution in [0.15, 0.2) is 48.5 Å². The van der Waals surface area contributed by atoms with Gasteiger partial charge in [0.15, 0.2) is 0 Å². The van der Waals surface area contributed by atoms with Gasteiger partial charge in [-0.1, -0.05) is 60.8 Å². The van der Waals surface area contributed by atoms with Gasteiger partial charge in [0, 0.05) is 40.8 Å². The van der Waals surface area contributed by atoms with Crippen molar-refractivity contribution in [1.29, 1.82) is 0 Å². The molecule has 0 atom stereocenters. The SMILES string of the molecule is Cc1c(CNC2CCCC2)c2ccccc2n1Cc1ccccc1Cl. The third-order valence-electron chi connectivity index (χ3n) is 5.57. The lowest BCUT2D eigenvalue weighted by molar-refractivity contribution is 0.523. The summed E-state index contributed by atoms with van der Waals surface area (Å²) < 4.78 is 2.40. The first kappa shape index (κ1) is 16.7. The Morgan fingerprint density at radius 3 is 2.56 bits per heavy atom. The van der Waals surface area contributed by atoms with Crippen molar-refractivity contribution in [3.63, 3.8) is 0 Å². The first-order chi connectivity index (χ1) is 12.2. The molecule has 4 rings (SSSR count). The summed E-state index contributed by atoms with van der Waals surface area (Å²) in [5, 5.41) is 5.98. The van der Waals surface area contributed by atoms with Crippen LogP contribution in [0.4, 0.5) is 0 Å². The van der Waals surface area contributed by atoms with Crippen molar-refractivity contribution < 1.29 is 0 Å². The van der Waals surface area contributed by atoms with E-state index in [4.69, 9.17) is 11.6 Å². The van der Waals surface area contributed by atoms with E-state index in [2.05, 4.69) is 53.2 Å². The molecule has 2 nitrogen and oxygen atoms in total. The number of benzene rings is 2. The molecule has 1 aliphatic rings. The molecule has 0 aliphatic heterocycles. The molecule has 1 N–H and O–H groups in total. The maximum absolute atomic E-state index is 6.41. The molecule has 25 heavy (non-hydrogen) atoms. The fourth-order valence-electron chi connectivity index (χ4n) is 4.10. The molecule has 1 heterocycles. The van der Waals surface area contributed by atoms with E-state index in [1.165, 1.54) is 53.4 Å². The summed E-state index contributed by atoms with van der Waals surface area (Å²) in [6.07, 6.45) is 5.37. The Kier molecular flexibility index (Phi) is 4.82. The quantitative estimate of drug-likeness (QED) is 0.624. The first-order valence-electron chi connectivity index (χ1n) is 9.27. The van der Waals surface area contributed by atoms with Crippen molar-refractivity contribution in [3.8, 4) is 0 Å². The lowest BCUT2D eigenvalue weighted by Gasteiger charge is -2.13. The van der Waals surface area contributed by atoms with Crippen molar-refractivity contribution in [2.24, 2.45) is 0 Å². The van der Waals surface area contributed by atoms with Gasteiger partial charge in [-0.15, -0.1) is 0 Å². The van der Waals surface area contributed by atoms with Gasteiger partial charge in [0.05, 0.1) is 0 Å². The Morgan fingerprint density at radius 1 is 1.04 bits per heavy atom. The van der Waals surface area contributed by atoms with Gasteiger partial charge in [0.2, 0.25) is 0 Å². The van der Waals surface area contributed by atoms with Crippen LogP contribution in [0.3, 0.4) is 0 Å². The van der Waals surface area contributed by atoms with Crippen LogP contribution in [-0.4, -0.2) is 10.6 Å². The van der Waals surface area contributed by atoms with Crippen LogP contribution in [-0.2, 0) is 13.1 Å². The molecule has 0 amide bonds. The first-order valence-corrected chi connectivity index (χ1v) is 9.65. The predicted octanol–water partition coefficient (Wildman–Crippen LogP) is 5.68. The molecule has 3 aromatic rings. The second kappa shape index (κ2) is 7.23. The number of fused-ring (bicyclic) bond motifs is 1. The van der Waals surface area contributed by atoms with Crippen LogP contribution < -0.4 is 5.32 Å². The number of hydrogen-bond donors (Lipinski definition) is 1. The van der Waals surface area contributed by atoms with E-state index in [0.29, 0.717) is 6.04 Å². The van der Waals surface area contributed by atoms with Gasteiger partial charge >= 0.3 is 0 Å². The van der Waals surface area contributed by atoms with Gasteiger partial charge in [-0.2, -0.15) is 0 Å². The van der Waals surface area contributed by atoms with Gasteiger partial charge in [0.25, 0.3) is 0 Å². The van der Waals surface area contributed by atoms with Crippen molar-refractivity contribution in [1.82, 2.24) is 9.88 Å². The van der Waals surface area contributed by atoms with Gasteiger partial charge < -0.3 is 9.88 Å². The number of para-hydroxylation sites is 1. The maximum Gasteiger partial charge on any atom is 0.0493 e. The van der Waals surface area contributed by atoms with E-state index in [-0.39, 0.29) is 0 Å². The molecule has 0 radical (unpaired) electrons. The molecule has 1 fully saturated rings. The number of aromatic nitrogens is 1. The number of nitrogens with zero attached hydrogens (tertiary/aromatic N) is 1. The maximum atomic E-state index is 6.41. The molecule has 0 unspecified atom stereocenters. The van der Waals surface area contributed by atoms with E-state index in [1.807, 2.05) is 12.1 Å².